The zero-order valence-electron chi connectivity index (χ0n) is 12.2. The smallest absolute Gasteiger partial charge is 0.261 e. The number of benzene rings is 1. The summed E-state index contributed by atoms with van der Waals surface area (Å²) in [7, 11) is 0. The van der Waals surface area contributed by atoms with Gasteiger partial charge in [0.15, 0.2) is 6.10 Å². The zero-order valence-corrected chi connectivity index (χ0v) is 13.0. The maximum Gasteiger partial charge on any atom is 0.261 e. The van der Waals surface area contributed by atoms with Gasteiger partial charge in [-0.05, 0) is 55.1 Å². The molecule has 0 aromatic heterocycles. The predicted molar refractivity (Wildman–Crippen MR) is 82.8 cm³/mol. The first-order valence-electron chi connectivity index (χ1n) is 7.49. The van der Waals surface area contributed by atoms with E-state index in [1.807, 2.05) is 12.1 Å². The Labute approximate surface area is 130 Å². The van der Waals surface area contributed by atoms with E-state index in [4.69, 9.17) is 16.3 Å². The minimum absolute atomic E-state index is 0.0259. The summed E-state index contributed by atoms with van der Waals surface area (Å²) in [6.07, 6.45) is 2.35. The molecule has 5 heteroatoms. The van der Waals surface area contributed by atoms with Gasteiger partial charge < -0.3 is 15.4 Å². The molecule has 2 aliphatic rings. The van der Waals surface area contributed by atoms with Crippen LogP contribution in [0.15, 0.2) is 18.2 Å². The van der Waals surface area contributed by atoms with Gasteiger partial charge in [0.1, 0.15) is 5.75 Å². The van der Waals surface area contributed by atoms with E-state index < -0.39 is 6.10 Å². The number of amides is 1. The van der Waals surface area contributed by atoms with Crippen LogP contribution >= 0.6 is 11.6 Å². The topological polar surface area (TPSA) is 50.4 Å². The van der Waals surface area contributed by atoms with Crippen molar-refractivity contribution in [2.75, 3.05) is 19.6 Å². The molecule has 1 aromatic carbocycles. The van der Waals surface area contributed by atoms with Crippen LogP contribution < -0.4 is 15.4 Å². The highest BCUT2D eigenvalue weighted by atomic mass is 35.5. The Morgan fingerprint density at radius 1 is 1.48 bits per heavy atom. The van der Waals surface area contributed by atoms with Crippen molar-refractivity contribution in [3.8, 4) is 5.75 Å². The third-order valence-electron chi connectivity index (χ3n) is 4.49. The molecule has 1 atom stereocenters. The number of ether oxygens (including phenoxy) is 1. The van der Waals surface area contributed by atoms with Gasteiger partial charge in [-0.3, -0.25) is 4.79 Å². The van der Waals surface area contributed by atoms with Crippen LogP contribution in [0.2, 0.25) is 5.02 Å². The van der Waals surface area contributed by atoms with Crippen molar-refractivity contribution in [3.63, 3.8) is 0 Å². The summed E-state index contributed by atoms with van der Waals surface area (Å²) in [4.78, 5) is 12.3. The van der Waals surface area contributed by atoms with Crippen molar-refractivity contribution in [1.82, 2.24) is 10.6 Å². The van der Waals surface area contributed by atoms with E-state index in [-0.39, 0.29) is 11.3 Å². The summed E-state index contributed by atoms with van der Waals surface area (Å²) < 4.78 is 5.71. The van der Waals surface area contributed by atoms with Gasteiger partial charge in [-0.25, -0.2) is 0 Å². The molecule has 2 heterocycles. The average molecular weight is 309 g/mol. The van der Waals surface area contributed by atoms with E-state index >= 15 is 0 Å². The van der Waals surface area contributed by atoms with Crippen LogP contribution in [-0.4, -0.2) is 31.6 Å². The first-order valence-corrected chi connectivity index (χ1v) is 7.87. The van der Waals surface area contributed by atoms with Gasteiger partial charge in [0.05, 0.1) is 0 Å². The van der Waals surface area contributed by atoms with Crippen molar-refractivity contribution in [2.24, 2.45) is 5.41 Å². The molecular weight excluding hydrogens is 288 g/mol. The van der Waals surface area contributed by atoms with E-state index in [9.17, 15) is 4.79 Å². The molecule has 0 spiro atoms. The van der Waals surface area contributed by atoms with Gasteiger partial charge in [-0.1, -0.05) is 18.5 Å². The Bertz CT molecular complexity index is 541. The number of nitrogens with one attached hydrogen (secondary N) is 2. The van der Waals surface area contributed by atoms with Gasteiger partial charge in [0.25, 0.3) is 5.91 Å². The highest BCUT2D eigenvalue weighted by Gasteiger charge is 2.32. The summed E-state index contributed by atoms with van der Waals surface area (Å²) in [5.41, 5.74) is 1.20. The lowest BCUT2D eigenvalue weighted by Crippen LogP contribution is -2.46. The fourth-order valence-corrected chi connectivity index (χ4v) is 3.18. The molecule has 21 heavy (non-hydrogen) atoms. The minimum Gasteiger partial charge on any atom is -0.480 e. The molecule has 0 aliphatic carbocycles. The standard InChI is InChI=1S/C16H21ClN2O2/c1-16(4-6-18-7-5-16)10-19-15(20)14-9-11-8-12(17)2-3-13(11)21-14/h2-3,8,14,18H,4-7,9-10H2,1H3,(H,19,20). The fourth-order valence-electron chi connectivity index (χ4n) is 2.98. The van der Waals surface area contributed by atoms with Gasteiger partial charge in [0.2, 0.25) is 0 Å². The Hall–Kier alpha value is -1.26. The summed E-state index contributed by atoms with van der Waals surface area (Å²) in [5, 5.41) is 7.09. The third kappa shape index (κ3) is 3.33. The first-order chi connectivity index (χ1) is 10.1. The van der Waals surface area contributed by atoms with Gasteiger partial charge in [0, 0.05) is 18.0 Å². The summed E-state index contributed by atoms with van der Waals surface area (Å²) in [6, 6.07) is 5.49. The van der Waals surface area contributed by atoms with Crippen molar-refractivity contribution >= 4 is 17.5 Å². The SMILES string of the molecule is CC1(CNC(=O)C2Cc3cc(Cl)ccc3O2)CCNCC1. The Morgan fingerprint density at radius 3 is 3.00 bits per heavy atom. The van der Waals surface area contributed by atoms with E-state index in [0.29, 0.717) is 18.0 Å². The molecule has 0 saturated carbocycles. The second-order valence-electron chi connectivity index (χ2n) is 6.34. The molecule has 0 bridgehead atoms. The first kappa shape index (κ1) is 14.7. The number of carbonyl (C=O) groups is 1. The Kier molecular flexibility index (Phi) is 4.09. The number of fused-ring (bicyclic) bond motifs is 1. The third-order valence-corrected chi connectivity index (χ3v) is 4.72. The minimum atomic E-state index is -0.427. The highest BCUT2D eigenvalue weighted by Crippen LogP contribution is 2.31. The normalized spacial score (nSPS) is 23.2. The predicted octanol–water partition coefficient (Wildman–Crippen LogP) is 2.15. The number of piperidine rings is 1. The van der Waals surface area contributed by atoms with E-state index in [2.05, 4.69) is 17.6 Å². The van der Waals surface area contributed by atoms with Crippen LogP contribution in [0, 0.1) is 5.41 Å². The fraction of sp³-hybridized carbons (Fsp3) is 0.562. The van der Waals surface area contributed by atoms with Crippen LogP contribution in [-0.2, 0) is 11.2 Å². The molecule has 1 amide bonds. The summed E-state index contributed by atoms with van der Waals surface area (Å²) in [6.45, 7) is 5.00. The molecule has 3 rings (SSSR count). The van der Waals surface area contributed by atoms with Crippen molar-refractivity contribution < 1.29 is 9.53 Å². The van der Waals surface area contributed by atoms with Gasteiger partial charge in [-0.15, -0.1) is 0 Å². The number of rotatable bonds is 3. The van der Waals surface area contributed by atoms with E-state index in [1.54, 1.807) is 6.07 Å². The molecule has 0 radical (unpaired) electrons. The van der Waals surface area contributed by atoms with E-state index in [1.165, 1.54) is 0 Å². The molecule has 1 fully saturated rings. The number of hydrogen-bond donors (Lipinski definition) is 2. The van der Waals surface area contributed by atoms with Crippen LogP contribution in [0.25, 0.3) is 0 Å². The molecule has 1 unspecified atom stereocenters. The van der Waals surface area contributed by atoms with E-state index in [0.717, 1.165) is 37.2 Å². The number of halogens is 1. The second kappa shape index (κ2) is 5.85. The quantitative estimate of drug-likeness (QED) is 0.899. The lowest BCUT2D eigenvalue weighted by molar-refractivity contribution is -0.127. The van der Waals surface area contributed by atoms with Crippen molar-refractivity contribution in [3.05, 3.63) is 28.8 Å². The highest BCUT2D eigenvalue weighted by molar-refractivity contribution is 6.30. The molecule has 114 valence electrons. The summed E-state index contributed by atoms with van der Waals surface area (Å²) in [5.74, 6) is 0.745. The lowest BCUT2D eigenvalue weighted by atomic mass is 9.81. The molecule has 2 N–H and O–H groups in total. The zero-order chi connectivity index (χ0) is 14.9. The van der Waals surface area contributed by atoms with Crippen LogP contribution in [0.1, 0.15) is 25.3 Å². The largest absolute Gasteiger partial charge is 0.480 e. The average Bonchev–Trinajstić information content (AvgIpc) is 2.88. The molecule has 1 aromatic rings. The van der Waals surface area contributed by atoms with Crippen molar-refractivity contribution in [1.29, 1.82) is 0 Å². The molecule has 4 nitrogen and oxygen atoms in total. The molecular formula is C16H21ClN2O2. The summed E-state index contributed by atoms with van der Waals surface area (Å²) >= 11 is 5.97. The monoisotopic (exact) mass is 308 g/mol. The molecule has 2 aliphatic heterocycles. The second-order valence-corrected chi connectivity index (χ2v) is 6.78. The Balaban J connectivity index is 1.55. The van der Waals surface area contributed by atoms with Crippen LogP contribution in [0.4, 0.5) is 0 Å². The van der Waals surface area contributed by atoms with Gasteiger partial charge in [-0.2, -0.15) is 0 Å². The maximum absolute atomic E-state index is 12.3. The van der Waals surface area contributed by atoms with Crippen LogP contribution in [0.5, 0.6) is 5.75 Å². The molecule has 1 saturated heterocycles. The number of hydrogen-bond acceptors (Lipinski definition) is 3. The van der Waals surface area contributed by atoms with Crippen LogP contribution in [0.3, 0.4) is 0 Å². The van der Waals surface area contributed by atoms with Gasteiger partial charge >= 0.3 is 0 Å². The Morgan fingerprint density at radius 2 is 2.24 bits per heavy atom. The maximum atomic E-state index is 12.3. The lowest BCUT2D eigenvalue weighted by Gasteiger charge is -2.34. The van der Waals surface area contributed by atoms with Crippen molar-refractivity contribution in [2.45, 2.75) is 32.3 Å². The number of carbonyl (C=O) groups excluding carboxylic acids is 1.